The molecule has 0 saturated heterocycles. The zero-order valence-corrected chi connectivity index (χ0v) is 13.3. The van der Waals surface area contributed by atoms with Crippen molar-refractivity contribution in [1.29, 1.82) is 0 Å². The van der Waals surface area contributed by atoms with Crippen LogP contribution in [0.4, 0.5) is 0 Å². The number of hydrogen-bond donors (Lipinski definition) is 2. The zero-order valence-electron chi connectivity index (χ0n) is 12.5. The highest BCUT2D eigenvalue weighted by molar-refractivity contribution is 7.12. The van der Waals surface area contributed by atoms with Gasteiger partial charge < -0.3 is 10.5 Å². The molecule has 0 radical (unpaired) electrons. The van der Waals surface area contributed by atoms with Gasteiger partial charge in [-0.25, -0.2) is 4.79 Å². The average Bonchev–Trinajstić information content (AvgIpc) is 3.12. The summed E-state index contributed by atoms with van der Waals surface area (Å²) in [4.78, 5) is 26.4. The van der Waals surface area contributed by atoms with E-state index in [1.165, 1.54) is 19.0 Å². The Balaban J connectivity index is 2.01. The Labute approximate surface area is 130 Å². The van der Waals surface area contributed by atoms with Crippen LogP contribution < -0.4 is 16.7 Å². The fraction of sp³-hybridized carbons (Fsp3) is 0.357. The van der Waals surface area contributed by atoms with Gasteiger partial charge in [-0.3, -0.25) is 13.9 Å². The van der Waals surface area contributed by atoms with Crippen molar-refractivity contribution in [2.24, 2.45) is 19.2 Å². The second-order valence-electron chi connectivity index (χ2n) is 5.30. The largest absolute Gasteiger partial charge is 0.494 e. The van der Waals surface area contributed by atoms with Crippen LogP contribution in [0.1, 0.15) is 27.8 Å². The highest BCUT2D eigenvalue weighted by Crippen LogP contribution is 2.30. The zero-order chi connectivity index (χ0) is 16.0. The Hall–Kier alpha value is -2.35. The van der Waals surface area contributed by atoms with Crippen molar-refractivity contribution in [1.82, 2.24) is 14.6 Å². The summed E-state index contributed by atoms with van der Waals surface area (Å²) < 4.78 is 2.02. The molecule has 0 spiro atoms. The van der Waals surface area contributed by atoms with Gasteiger partial charge in [-0.15, -0.1) is 11.3 Å². The second-order valence-corrected chi connectivity index (χ2v) is 6.62. The molecule has 116 valence electrons. The molecule has 0 saturated carbocycles. The predicted octanol–water partition coefficient (Wildman–Crippen LogP) is 0.598. The molecule has 1 aliphatic rings. The summed E-state index contributed by atoms with van der Waals surface area (Å²) in [6, 6.07) is 4.03. The van der Waals surface area contributed by atoms with E-state index < -0.39 is 11.2 Å². The first-order valence-electron chi connectivity index (χ1n) is 6.78. The summed E-state index contributed by atoms with van der Waals surface area (Å²) in [5.74, 6) is -0.350. The van der Waals surface area contributed by atoms with Crippen LogP contribution in [0.2, 0.25) is 0 Å². The van der Waals surface area contributed by atoms with E-state index in [0.717, 1.165) is 14.0 Å². The van der Waals surface area contributed by atoms with Gasteiger partial charge in [0.25, 0.3) is 5.56 Å². The number of hydrogen-bond acceptors (Lipinski definition) is 6. The van der Waals surface area contributed by atoms with Gasteiger partial charge >= 0.3 is 5.69 Å². The molecule has 0 aliphatic carbocycles. The number of nitrogens with one attached hydrogen (secondary N) is 1. The van der Waals surface area contributed by atoms with Crippen molar-refractivity contribution in [2.75, 3.05) is 0 Å². The van der Waals surface area contributed by atoms with Crippen LogP contribution in [0, 0.1) is 6.92 Å². The maximum atomic E-state index is 12.3. The van der Waals surface area contributed by atoms with Crippen molar-refractivity contribution in [3.63, 3.8) is 0 Å². The molecule has 0 bridgehead atoms. The number of aromatic nitrogens is 2. The normalized spacial score (nSPS) is 17.4. The molecule has 7 nitrogen and oxygen atoms in total. The molecule has 0 aromatic carbocycles. The molecular formula is C14H16N4O3S. The molecule has 2 aromatic heterocycles. The SMILES string of the molecule is Cc1ccc([C@H]2CC(c3c(O)n(C)c(=O)n(C)c3=O)=NN2)s1. The number of aryl methyl sites for hydroxylation is 1. The van der Waals surface area contributed by atoms with Crippen molar-refractivity contribution in [3.8, 4) is 5.88 Å². The Kier molecular flexibility index (Phi) is 3.40. The molecule has 1 aliphatic heterocycles. The van der Waals surface area contributed by atoms with Crippen LogP contribution in [0.25, 0.3) is 0 Å². The van der Waals surface area contributed by atoms with Crippen molar-refractivity contribution < 1.29 is 5.11 Å². The molecule has 2 N–H and O–H groups in total. The molecule has 0 fully saturated rings. The summed E-state index contributed by atoms with van der Waals surface area (Å²) in [6.07, 6.45) is 0.487. The number of thiophene rings is 1. The van der Waals surface area contributed by atoms with Crippen molar-refractivity contribution in [2.45, 2.75) is 19.4 Å². The Bertz CT molecular complexity index is 890. The van der Waals surface area contributed by atoms with E-state index in [4.69, 9.17) is 0 Å². The molecular weight excluding hydrogens is 304 g/mol. The third kappa shape index (κ3) is 2.16. The maximum Gasteiger partial charge on any atom is 0.333 e. The van der Waals surface area contributed by atoms with E-state index in [1.807, 2.05) is 19.1 Å². The first kappa shape index (κ1) is 14.6. The topological polar surface area (TPSA) is 88.6 Å². The lowest BCUT2D eigenvalue weighted by molar-refractivity contribution is 0.410. The maximum absolute atomic E-state index is 12.3. The van der Waals surface area contributed by atoms with E-state index >= 15 is 0 Å². The fourth-order valence-electron chi connectivity index (χ4n) is 2.49. The number of rotatable bonds is 2. The second kappa shape index (κ2) is 5.13. The van der Waals surface area contributed by atoms with Gasteiger partial charge in [-0.2, -0.15) is 5.10 Å². The van der Waals surface area contributed by atoms with Gasteiger partial charge in [0.15, 0.2) is 0 Å². The minimum Gasteiger partial charge on any atom is -0.494 e. The quantitative estimate of drug-likeness (QED) is 0.848. The Morgan fingerprint density at radius 3 is 2.68 bits per heavy atom. The van der Waals surface area contributed by atoms with E-state index in [0.29, 0.717) is 12.1 Å². The van der Waals surface area contributed by atoms with Gasteiger partial charge in [0, 0.05) is 30.3 Å². The van der Waals surface area contributed by atoms with Crippen LogP contribution in [0.15, 0.2) is 26.8 Å². The van der Waals surface area contributed by atoms with Gasteiger partial charge in [0.1, 0.15) is 5.56 Å². The molecule has 2 aromatic rings. The lowest BCUT2D eigenvalue weighted by Gasteiger charge is -2.10. The molecule has 8 heteroatoms. The summed E-state index contributed by atoms with van der Waals surface area (Å²) in [5.41, 5.74) is 2.43. The molecule has 0 amide bonds. The monoisotopic (exact) mass is 320 g/mol. The molecule has 3 rings (SSSR count). The molecule has 3 heterocycles. The van der Waals surface area contributed by atoms with Crippen LogP contribution in [0.5, 0.6) is 5.88 Å². The molecule has 1 atom stereocenters. The lowest BCUT2D eigenvalue weighted by Crippen LogP contribution is -2.39. The van der Waals surface area contributed by atoms with Crippen LogP contribution in [-0.4, -0.2) is 20.0 Å². The summed E-state index contributed by atoms with van der Waals surface area (Å²) in [7, 11) is 2.81. The van der Waals surface area contributed by atoms with E-state index in [1.54, 1.807) is 11.3 Å². The van der Waals surface area contributed by atoms with Crippen LogP contribution >= 0.6 is 11.3 Å². The molecule has 0 unspecified atom stereocenters. The van der Waals surface area contributed by atoms with Gasteiger partial charge in [-0.05, 0) is 19.1 Å². The predicted molar refractivity (Wildman–Crippen MR) is 84.7 cm³/mol. The number of nitrogens with zero attached hydrogens (tertiary/aromatic N) is 3. The summed E-state index contributed by atoms with van der Waals surface area (Å²) in [5, 5.41) is 14.3. The van der Waals surface area contributed by atoms with E-state index in [2.05, 4.69) is 10.5 Å². The minimum atomic E-state index is -0.566. The minimum absolute atomic E-state index is 0.0185. The molecule has 22 heavy (non-hydrogen) atoms. The standard InChI is InChI=1S/C14H16N4O3S/c1-7-4-5-10(22-7)8-6-9(16-15-8)11-12(19)17(2)14(21)18(3)13(11)20/h4-5,8,15,19H,6H2,1-3H3/t8-/m1/s1. The Morgan fingerprint density at radius 1 is 1.32 bits per heavy atom. The van der Waals surface area contributed by atoms with Gasteiger partial charge in [0.2, 0.25) is 5.88 Å². The summed E-state index contributed by atoms with van der Waals surface area (Å²) >= 11 is 1.66. The third-order valence-electron chi connectivity index (χ3n) is 3.78. The smallest absolute Gasteiger partial charge is 0.333 e. The first-order chi connectivity index (χ1) is 10.4. The van der Waals surface area contributed by atoms with Gasteiger partial charge in [0.05, 0.1) is 11.8 Å². The average molecular weight is 320 g/mol. The van der Waals surface area contributed by atoms with E-state index in [9.17, 15) is 14.7 Å². The van der Waals surface area contributed by atoms with Gasteiger partial charge in [-0.1, -0.05) is 0 Å². The first-order valence-corrected chi connectivity index (χ1v) is 7.59. The number of aromatic hydroxyl groups is 1. The van der Waals surface area contributed by atoms with E-state index in [-0.39, 0.29) is 17.5 Å². The van der Waals surface area contributed by atoms with Crippen LogP contribution in [0.3, 0.4) is 0 Å². The van der Waals surface area contributed by atoms with Crippen LogP contribution in [-0.2, 0) is 14.1 Å². The highest BCUT2D eigenvalue weighted by atomic mass is 32.1. The Morgan fingerprint density at radius 2 is 2.05 bits per heavy atom. The highest BCUT2D eigenvalue weighted by Gasteiger charge is 2.28. The van der Waals surface area contributed by atoms with Crippen molar-refractivity contribution in [3.05, 3.63) is 48.3 Å². The third-order valence-corrected chi connectivity index (χ3v) is 4.89. The lowest BCUT2D eigenvalue weighted by atomic mass is 10.1. The number of hydrazone groups is 1. The van der Waals surface area contributed by atoms with Crippen molar-refractivity contribution >= 4 is 17.0 Å². The fourth-order valence-corrected chi connectivity index (χ4v) is 3.41. The summed E-state index contributed by atoms with van der Waals surface area (Å²) in [6.45, 7) is 2.03.